The van der Waals surface area contributed by atoms with Crippen LogP contribution < -0.4 is 9.47 Å². The molecule has 0 amide bonds. The number of benzene rings is 1. The van der Waals surface area contributed by atoms with Crippen LogP contribution in [0.2, 0.25) is 0 Å². The smallest absolute Gasteiger partial charge is 0.155 e. The monoisotopic (exact) mass is 334 g/mol. The highest BCUT2D eigenvalue weighted by Crippen LogP contribution is 2.26. The Kier molecular flexibility index (Phi) is 7.32. The van der Waals surface area contributed by atoms with Crippen molar-refractivity contribution in [1.29, 1.82) is 0 Å². The number of rotatable bonds is 9. The van der Waals surface area contributed by atoms with Crippen molar-refractivity contribution >= 4 is 21.4 Å². The molecule has 0 spiro atoms. The molecule has 1 aromatic carbocycles. The molecule has 6 heteroatoms. The van der Waals surface area contributed by atoms with Crippen molar-refractivity contribution in [2.75, 3.05) is 19.0 Å². The van der Waals surface area contributed by atoms with Gasteiger partial charge in [0.05, 0.1) is 23.5 Å². The topological polar surface area (TPSA) is 52.6 Å². The minimum Gasteiger partial charge on any atom is -0.493 e. The molecule has 1 aromatic rings. The molecular weight excluding hydrogens is 312 g/mol. The van der Waals surface area contributed by atoms with Crippen LogP contribution in [-0.4, -0.2) is 32.6 Å². The first-order chi connectivity index (χ1) is 9.90. The van der Waals surface area contributed by atoms with Crippen molar-refractivity contribution in [3.8, 4) is 11.5 Å². The van der Waals surface area contributed by atoms with E-state index in [1.165, 1.54) is 0 Å². The predicted molar refractivity (Wildman–Crippen MR) is 86.2 cm³/mol. The number of hydrogen-bond acceptors (Lipinski definition) is 4. The molecule has 0 radical (unpaired) electrons. The lowest BCUT2D eigenvalue weighted by molar-refractivity contribution is 0.308. The number of ether oxygens (including phenoxy) is 2. The molecule has 0 unspecified atom stereocenters. The van der Waals surface area contributed by atoms with Crippen LogP contribution in [0.15, 0.2) is 18.2 Å². The molecular formula is C15H23ClO4S. The van der Waals surface area contributed by atoms with Gasteiger partial charge in [-0.05, 0) is 26.3 Å². The molecule has 21 heavy (non-hydrogen) atoms. The van der Waals surface area contributed by atoms with Gasteiger partial charge in [-0.25, -0.2) is 8.42 Å². The zero-order valence-corrected chi connectivity index (χ0v) is 14.3. The zero-order valence-electron chi connectivity index (χ0n) is 12.8. The van der Waals surface area contributed by atoms with E-state index < -0.39 is 15.1 Å². The maximum absolute atomic E-state index is 11.8. The Morgan fingerprint density at radius 1 is 1.19 bits per heavy atom. The molecule has 0 atom stereocenters. The average Bonchev–Trinajstić information content (AvgIpc) is 2.45. The molecule has 0 fully saturated rings. The fourth-order valence-electron chi connectivity index (χ4n) is 1.59. The highest BCUT2D eigenvalue weighted by atomic mass is 35.5. The van der Waals surface area contributed by atoms with Gasteiger partial charge in [0.15, 0.2) is 9.84 Å². The van der Waals surface area contributed by atoms with Crippen molar-refractivity contribution in [2.45, 2.75) is 38.3 Å². The third-order valence-electron chi connectivity index (χ3n) is 3.00. The minimum absolute atomic E-state index is 0.00750. The van der Waals surface area contributed by atoms with E-state index in [2.05, 4.69) is 0 Å². The van der Waals surface area contributed by atoms with Gasteiger partial charge in [-0.3, -0.25) is 0 Å². The Morgan fingerprint density at radius 2 is 1.90 bits per heavy atom. The van der Waals surface area contributed by atoms with Gasteiger partial charge in [0.25, 0.3) is 0 Å². The SMILES string of the molecule is CCCOc1ccc(CCl)c(OCCS(=O)(=O)C(C)C)c1. The van der Waals surface area contributed by atoms with Crippen LogP contribution in [-0.2, 0) is 15.7 Å². The van der Waals surface area contributed by atoms with Gasteiger partial charge < -0.3 is 9.47 Å². The molecule has 0 bridgehead atoms. The van der Waals surface area contributed by atoms with E-state index in [0.717, 1.165) is 12.0 Å². The Morgan fingerprint density at radius 3 is 2.48 bits per heavy atom. The highest BCUT2D eigenvalue weighted by molar-refractivity contribution is 7.91. The van der Waals surface area contributed by atoms with Crippen LogP contribution >= 0.6 is 11.6 Å². The summed E-state index contributed by atoms with van der Waals surface area (Å²) in [6.45, 7) is 6.10. The van der Waals surface area contributed by atoms with Crippen LogP contribution in [0.4, 0.5) is 0 Å². The van der Waals surface area contributed by atoms with E-state index in [4.69, 9.17) is 21.1 Å². The van der Waals surface area contributed by atoms with E-state index in [1.807, 2.05) is 19.1 Å². The Labute approximate surface area is 132 Å². The second-order valence-corrected chi connectivity index (χ2v) is 7.96. The second-order valence-electron chi connectivity index (χ2n) is 5.02. The van der Waals surface area contributed by atoms with E-state index in [9.17, 15) is 8.42 Å². The average molecular weight is 335 g/mol. The summed E-state index contributed by atoms with van der Waals surface area (Å²) in [7, 11) is -3.10. The molecule has 0 aromatic heterocycles. The lowest BCUT2D eigenvalue weighted by Gasteiger charge is -2.13. The first kappa shape index (κ1) is 18.1. The van der Waals surface area contributed by atoms with Gasteiger partial charge in [0, 0.05) is 11.6 Å². The fourth-order valence-corrected chi connectivity index (χ4v) is 2.60. The highest BCUT2D eigenvalue weighted by Gasteiger charge is 2.16. The number of alkyl halides is 1. The van der Waals surface area contributed by atoms with Crippen molar-refractivity contribution in [3.05, 3.63) is 23.8 Å². The van der Waals surface area contributed by atoms with Gasteiger partial charge in [-0.15, -0.1) is 11.6 Å². The summed E-state index contributed by atoms with van der Waals surface area (Å²) < 4.78 is 34.6. The zero-order chi connectivity index (χ0) is 15.9. The molecule has 4 nitrogen and oxygen atoms in total. The third-order valence-corrected chi connectivity index (χ3v) is 5.46. The summed E-state index contributed by atoms with van der Waals surface area (Å²) in [5, 5.41) is -0.396. The minimum atomic E-state index is -3.10. The van der Waals surface area contributed by atoms with Crippen molar-refractivity contribution in [2.24, 2.45) is 0 Å². The molecule has 0 aliphatic rings. The first-order valence-electron chi connectivity index (χ1n) is 7.06. The molecule has 0 saturated heterocycles. The summed E-state index contributed by atoms with van der Waals surface area (Å²) >= 11 is 5.87. The summed E-state index contributed by atoms with van der Waals surface area (Å²) in [6.07, 6.45) is 0.917. The standard InChI is InChI=1S/C15H23ClO4S/c1-4-7-19-14-6-5-13(11-16)15(10-14)20-8-9-21(17,18)12(2)3/h5-6,10,12H,4,7-9,11H2,1-3H3. The van der Waals surface area contributed by atoms with Crippen LogP contribution in [0, 0.1) is 0 Å². The van der Waals surface area contributed by atoms with Gasteiger partial charge in [-0.2, -0.15) is 0 Å². The summed E-state index contributed by atoms with van der Waals surface area (Å²) in [5.41, 5.74) is 0.822. The van der Waals surface area contributed by atoms with E-state index in [0.29, 0.717) is 24.0 Å². The normalized spacial score (nSPS) is 11.7. The van der Waals surface area contributed by atoms with Crippen LogP contribution in [0.1, 0.15) is 32.8 Å². The number of sulfone groups is 1. The molecule has 120 valence electrons. The van der Waals surface area contributed by atoms with Crippen LogP contribution in [0.3, 0.4) is 0 Å². The van der Waals surface area contributed by atoms with Crippen LogP contribution in [0.5, 0.6) is 11.5 Å². The maximum atomic E-state index is 11.8. The quantitative estimate of drug-likeness (QED) is 0.649. The number of halogens is 1. The maximum Gasteiger partial charge on any atom is 0.155 e. The summed E-state index contributed by atoms with van der Waals surface area (Å²) in [4.78, 5) is 0. The van der Waals surface area contributed by atoms with Crippen LogP contribution in [0.25, 0.3) is 0 Å². The molecule has 0 heterocycles. The summed E-state index contributed by atoms with van der Waals surface area (Å²) in [6, 6.07) is 5.44. The lowest BCUT2D eigenvalue weighted by atomic mass is 10.2. The van der Waals surface area contributed by atoms with Gasteiger partial charge in [-0.1, -0.05) is 13.0 Å². The molecule has 1 rings (SSSR count). The van der Waals surface area contributed by atoms with Gasteiger partial charge >= 0.3 is 0 Å². The van der Waals surface area contributed by atoms with Crippen molar-refractivity contribution in [1.82, 2.24) is 0 Å². The van der Waals surface area contributed by atoms with Crippen molar-refractivity contribution in [3.63, 3.8) is 0 Å². The Balaban J connectivity index is 2.72. The lowest BCUT2D eigenvalue weighted by Crippen LogP contribution is -2.22. The first-order valence-corrected chi connectivity index (χ1v) is 9.31. The van der Waals surface area contributed by atoms with E-state index in [1.54, 1.807) is 19.9 Å². The summed E-state index contributed by atoms with van der Waals surface area (Å²) in [5.74, 6) is 1.58. The second kappa shape index (κ2) is 8.49. The Hall–Kier alpha value is -0.940. The molecule has 0 aliphatic carbocycles. The fraction of sp³-hybridized carbons (Fsp3) is 0.600. The van der Waals surface area contributed by atoms with Gasteiger partial charge in [0.1, 0.15) is 18.1 Å². The third kappa shape index (κ3) is 5.75. The van der Waals surface area contributed by atoms with Crippen molar-refractivity contribution < 1.29 is 17.9 Å². The predicted octanol–water partition coefficient (Wildman–Crippen LogP) is 3.42. The van der Waals surface area contributed by atoms with Gasteiger partial charge in [0.2, 0.25) is 0 Å². The van der Waals surface area contributed by atoms with E-state index in [-0.39, 0.29) is 12.4 Å². The molecule has 0 N–H and O–H groups in total. The largest absolute Gasteiger partial charge is 0.493 e. The van der Waals surface area contributed by atoms with E-state index >= 15 is 0 Å². The molecule has 0 aliphatic heterocycles. The molecule has 0 saturated carbocycles. The number of hydrogen-bond donors (Lipinski definition) is 0. The Bertz CT molecular complexity index is 541.